The van der Waals surface area contributed by atoms with Gasteiger partial charge in [0.15, 0.2) is 0 Å². The number of hydrogen-bond donors (Lipinski definition) is 1. The minimum Gasteiger partial charge on any atom is -0.393 e. The normalized spacial score (nSPS) is 45.4. The van der Waals surface area contributed by atoms with Gasteiger partial charge in [-0.15, -0.1) is 0 Å². The molecule has 17 heavy (non-hydrogen) atoms. The first-order valence-electron chi connectivity index (χ1n) is 7.13. The molecule has 0 aromatic heterocycles. The fourth-order valence-corrected chi connectivity index (χ4v) is 4.36. The van der Waals surface area contributed by atoms with Crippen molar-refractivity contribution in [3.8, 4) is 0 Å². The Labute approximate surface area is 102 Å². The summed E-state index contributed by atoms with van der Waals surface area (Å²) in [5.41, 5.74) is 0. The van der Waals surface area contributed by atoms with Gasteiger partial charge >= 0.3 is 0 Å². The Morgan fingerprint density at radius 3 is 2.29 bits per heavy atom. The molecule has 3 heteroatoms. The summed E-state index contributed by atoms with van der Waals surface area (Å²) in [6.07, 6.45) is 6.06. The van der Waals surface area contributed by atoms with Gasteiger partial charge in [-0.1, -0.05) is 12.8 Å². The number of rotatable bonds is 3. The maximum atomic E-state index is 13.1. The van der Waals surface area contributed by atoms with E-state index in [0.717, 1.165) is 11.8 Å². The molecule has 1 N–H and O–H groups in total. The maximum Gasteiger partial charge on any atom is 0.248 e. The molecule has 3 fully saturated rings. The van der Waals surface area contributed by atoms with Crippen LogP contribution in [0.4, 0.5) is 8.78 Å². The fraction of sp³-hybridized carbons (Fsp3) is 1.00. The van der Waals surface area contributed by atoms with Gasteiger partial charge in [-0.3, -0.25) is 0 Å². The minimum absolute atomic E-state index is 0.00606. The monoisotopic (exact) mass is 244 g/mol. The largest absolute Gasteiger partial charge is 0.393 e. The van der Waals surface area contributed by atoms with Crippen LogP contribution >= 0.6 is 0 Å². The van der Waals surface area contributed by atoms with E-state index < -0.39 is 5.92 Å². The van der Waals surface area contributed by atoms with Gasteiger partial charge in [0.1, 0.15) is 0 Å². The third kappa shape index (κ3) is 2.35. The summed E-state index contributed by atoms with van der Waals surface area (Å²) in [7, 11) is 0. The Morgan fingerprint density at radius 2 is 1.76 bits per heavy atom. The van der Waals surface area contributed by atoms with Gasteiger partial charge in [0.2, 0.25) is 5.92 Å². The molecule has 1 nitrogen and oxygen atoms in total. The number of hydrogen-bond acceptors (Lipinski definition) is 1. The van der Waals surface area contributed by atoms with Crippen LogP contribution in [0.1, 0.15) is 51.4 Å². The smallest absolute Gasteiger partial charge is 0.248 e. The van der Waals surface area contributed by atoms with Crippen molar-refractivity contribution in [3.05, 3.63) is 0 Å². The molecule has 0 bridgehead atoms. The second kappa shape index (κ2) is 4.18. The molecule has 3 aliphatic carbocycles. The highest BCUT2D eigenvalue weighted by atomic mass is 19.3. The quantitative estimate of drug-likeness (QED) is 0.804. The SMILES string of the molecule is OC(CC1CCC(F)(F)C1)C1C2CCCCC21. The van der Waals surface area contributed by atoms with E-state index in [2.05, 4.69) is 0 Å². The number of halogens is 2. The first-order valence-corrected chi connectivity index (χ1v) is 7.13. The summed E-state index contributed by atoms with van der Waals surface area (Å²) >= 11 is 0. The molecule has 0 heterocycles. The van der Waals surface area contributed by atoms with Crippen molar-refractivity contribution in [2.75, 3.05) is 0 Å². The molecule has 0 amide bonds. The van der Waals surface area contributed by atoms with E-state index in [1.54, 1.807) is 0 Å². The van der Waals surface area contributed by atoms with Crippen LogP contribution < -0.4 is 0 Å². The number of fused-ring (bicyclic) bond motifs is 1. The highest BCUT2D eigenvalue weighted by Crippen LogP contribution is 2.58. The molecule has 4 unspecified atom stereocenters. The molecular weight excluding hydrogens is 222 g/mol. The topological polar surface area (TPSA) is 20.2 Å². The van der Waals surface area contributed by atoms with Crippen LogP contribution in [0.2, 0.25) is 0 Å². The zero-order valence-corrected chi connectivity index (χ0v) is 10.2. The van der Waals surface area contributed by atoms with E-state index in [4.69, 9.17) is 0 Å². The van der Waals surface area contributed by atoms with Crippen molar-refractivity contribution in [2.24, 2.45) is 23.7 Å². The van der Waals surface area contributed by atoms with E-state index in [0.29, 0.717) is 18.8 Å². The van der Waals surface area contributed by atoms with Crippen molar-refractivity contribution < 1.29 is 13.9 Å². The van der Waals surface area contributed by atoms with Crippen LogP contribution in [0.25, 0.3) is 0 Å². The number of aliphatic hydroxyl groups is 1. The van der Waals surface area contributed by atoms with Gasteiger partial charge in [0, 0.05) is 12.8 Å². The first-order chi connectivity index (χ1) is 8.07. The fourth-order valence-electron chi connectivity index (χ4n) is 4.36. The molecule has 0 spiro atoms. The Balaban J connectivity index is 1.50. The molecule has 0 aromatic rings. The highest BCUT2D eigenvalue weighted by Gasteiger charge is 2.54. The molecule has 0 saturated heterocycles. The Bertz CT molecular complexity index is 280. The third-order valence-electron chi connectivity index (χ3n) is 5.25. The molecule has 98 valence electrons. The second-order valence-electron chi connectivity index (χ2n) is 6.46. The Morgan fingerprint density at radius 1 is 1.12 bits per heavy atom. The van der Waals surface area contributed by atoms with E-state index in [-0.39, 0.29) is 24.9 Å². The van der Waals surface area contributed by atoms with Gasteiger partial charge < -0.3 is 5.11 Å². The molecule has 4 atom stereocenters. The standard InChI is InChI=1S/C14H22F2O/c15-14(16)6-5-9(8-14)7-12(17)13-10-3-1-2-4-11(10)13/h9-13,17H,1-8H2. The van der Waals surface area contributed by atoms with Crippen LogP contribution in [0, 0.1) is 23.7 Å². The number of alkyl halides is 2. The molecule has 3 aliphatic rings. The summed E-state index contributed by atoms with van der Waals surface area (Å²) in [5, 5.41) is 10.2. The van der Waals surface area contributed by atoms with E-state index in [1.807, 2.05) is 0 Å². The van der Waals surface area contributed by atoms with Gasteiger partial charge in [0.05, 0.1) is 6.10 Å². The van der Waals surface area contributed by atoms with Gasteiger partial charge in [-0.2, -0.15) is 0 Å². The summed E-state index contributed by atoms with van der Waals surface area (Å²) in [4.78, 5) is 0. The average Bonchev–Trinajstić information content (AvgIpc) is 2.91. The average molecular weight is 244 g/mol. The van der Waals surface area contributed by atoms with Gasteiger partial charge in [-0.05, 0) is 49.4 Å². The minimum atomic E-state index is -2.46. The lowest BCUT2D eigenvalue weighted by Crippen LogP contribution is -2.17. The van der Waals surface area contributed by atoms with Crippen LogP contribution in [-0.4, -0.2) is 17.1 Å². The number of aliphatic hydroxyl groups excluding tert-OH is 1. The zero-order valence-electron chi connectivity index (χ0n) is 10.2. The van der Waals surface area contributed by atoms with Crippen molar-refractivity contribution in [1.82, 2.24) is 0 Å². The van der Waals surface area contributed by atoms with E-state index >= 15 is 0 Å². The highest BCUT2D eigenvalue weighted by molar-refractivity contribution is 5.03. The van der Waals surface area contributed by atoms with Gasteiger partial charge in [0.25, 0.3) is 0 Å². The summed E-state index contributed by atoms with van der Waals surface area (Å²) in [5.74, 6) is -0.503. The van der Waals surface area contributed by atoms with E-state index in [1.165, 1.54) is 25.7 Å². The predicted molar refractivity (Wildman–Crippen MR) is 61.8 cm³/mol. The summed E-state index contributed by atoms with van der Waals surface area (Å²) < 4.78 is 26.2. The van der Waals surface area contributed by atoms with Crippen molar-refractivity contribution in [3.63, 3.8) is 0 Å². The van der Waals surface area contributed by atoms with Crippen LogP contribution in [0.5, 0.6) is 0 Å². The van der Waals surface area contributed by atoms with E-state index in [9.17, 15) is 13.9 Å². The summed E-state index contributed by atoms with van der Waals surface area (Å²) in [6, 6.07) is 0. The van der Waals surface area contributed by atoms with Crippen molar-refractivity contribution >= 4 is 0 Å². The predicted octanol–water partition coefficient (Wildman–Crippen LogP) is 3.61. The lowest BCUT2D eigenvalue weighted by molar-refractivity contribution is 0.00184. The Hall–Kier alpha value is -0.180. The maximum absolute atomic E-state index is 13.1. The van der Waals surface area contributed by atoms with Crippen LogP contribution in [0.15, 0.2) is 0 Å². The summed E-state index contributed by atoms with van der Waals surface area (Å²) in [6.45, 7) is 0. The molecule has 0 aliphatic heterocycles. The second-order valence-corrected chi connectivity index (χ2v) is 6.46. The van der Waals surface area contributed by atoms with Crippen molar-refractivity contribution in [2.45, 2.75) is 63.4 Å². The lowest BCUT2D eigenvalue weighted by atomic mass is 9.96. The Kier molecular flexibility index (Phi) is 2.92. The zero-order chi connectivity index (χ0) is 12.0. The first kappa shape index (κ1) is 11.9. The molecule has 0 radical (unpaired) electrons. The molecule has 0 aromatic carbocycles. The third-order valence-corrected chi connectivity index (χ3v) is 5.25. The molecular formula is C14H22F2O. The molecule has 3 rings (SSSR count). The van der Waals surface area contributed by atoms with Gasteiger partial charge in [-0.25, -0.2) is 8.78 Å². The lowest BCUT2D eigenvalue weighted by Gasteiger charge is -2.16. The van der Waals surface area contributed by atoms with Crippen LogP contribution in [0.3, 0.4) is 0 Å². The van der Waals surface area contributed by atoms with Crippen molar-refractivity contribution in [1.29, 1.82) is 0 Å². The van der Waals surface area contributed by atoms with Crippen LogP contribution in [-0.2, 0) is 0 Å². The molecule has 3 saturated carbocycles.